The zero-order valence-electron chi connectivity index (χ0n) is 11.6. The molecule has 1 aliphatic rings. The molecule has 1 fully saturated rings. The van der Waals surface area contributed by atoms with Crippen molar-refractivity contribution in [2.75, 3.05) is 24.6 Å². The molecule has 1 aromatic carbocycles. The lowest BCUT2D eigenvalue weighted by Crippen LogP contribution is -2.37. The van der Waals surface area contributed by atoms with E-state index >= 15 is 0 Å². The molecule has 0 aliphatic carbocycles. The number of nitrogens with zero attached hydrogens (tertiary/aromatic N) is 1. The standard InChI is InChI=1S/C15H22FNO2/c1-10-6-15(13(11(2)19)7-14(10)16)17-5-3-4-12(8-17)9-18/h6-7,11-12,18-19H,3-5,8-9H2,1-2H3. The minimum absolute atomic E-state index is 0.181. The Kier molecular flexibility index (Phi) is 4.42. The molecule has 0 saturated carbocycles. The van der Waals surface area contributed by atoms with Crippen molar-refractivity contribution in [2.45, 2.75) is 32.8 Å². The fraction of sp³-hybridized carbons (Fsp3) is 0.600. The van der Waals surface area contributed by atoms with Crippen LogP contribution in [0.4, 0.5) is 10.1 Å². The summed E-state index contributed by atoms with van der Waals surface area (Å²) in [6.45, 7) is 5.22. The second kappa shape index (κ2) is 5.88. The largest absolute Gasteiger partial charge is 0.396 e. The topological polar surface area (TPSA) is 43.7 Å². The second-order valence-electron chi connectivity index (χ2n) is 5.47. The van der Waals surface area contributed by atoms with Crippen molar-refractivity contribution in [3.63, 3.8) is 0 Å². The molecule has 0 spiro atoms. The zero-order chi connectivity index (χ0) is 14.0. The van der Waals surface area contributed by atoms with E-state index in [0.717, 1.165) is 31.6 Å². The summed E-state index contributed by atoms with van der Waals surface area (Å²) in [6.07, 6.45) is 1.34. The maximum atomic E-state index is 13.7. The molecule has 2 rings (SSSR count). The summed E-state index contributed by atoms with van der Waals surface area (Å²) < 4.78 is 13.7. The molecule has 1 aromatic rings. The number of anilines is 1. The summed E-state index contributed by atoms with van der Waals surface area (Å²) >= 11 is 0. The van der Waals surface area contributed by atoms with Crippen LogP contribution in [0.2, 0.25) is 0 Å². The van der Waals surface area contributed by atoms with Crippen LogP contribution in [0.5, 0.6) is 0 Å². The molecule has 1 aliphatic heterocycles. The number of aliphatic hydroxyl groups is 2. The Balaban J connectivity index is 2.34. The Hall–Kier alpha value is -1.13. The normalized spacial score (nSPS) is 21.5. The van der Waals surface area contributed by atoms with Gasteiger partial charge in [0.1, 0.15) is 5.82 Å². The molecule has 106 valence electrons. The van der Waals surface area contributed by atoms with Gasteiger partial charge in [0.15, 0.2) is 0 Å². The predicted molar refractivity (Wildman–Crippen MR) is 73.8 cm³/mol. The maximum absolute atomic E-state index is 13.7. The maximum Gasteiger partial charge on any atom is 0.126 e. The number of rotatable bonds is 3. The van der Waals surface area contributed by atoms with Crippen LogP contribution < -0.4 is 4.90 Å². The van der Waals surface area contributed by atoms with Crippen LogP contribution in [-0.4, -0.2) is 29.9 Å². The van der Waals surface area contributed by atoms with Crippen LogP contribution in [-0.2, 0) is 0 Å². The van der Waals surface area contributed by atoms with Gasteiger partial charge in [-0.15, -0.1) is 0 Å². The SMILES string of the molecule is Cc1cc(N2CCCC(CO)C2)c(C(C)O)cc1F. The van der Waals surface area contributed by atoms with Crippen LogP contribution in [0.3, 0.4) is 0 Å². The molecule has 0 bridgehead atoms. The van der Waals surface area contributed by atoms with E-state index in [-0.39, 0.29) is 18.3 Å². The van der Waals surface area contributed by atoms with Crippen LogP contribution in [0, 0.1) is 18.7 Å². The van der Waals surface area contributed by atoms with Gasteiger partial charge in [-0.1, -0.05) is 0 Å². The van der Waals surface area contributed by atoms with Crippen LogP contribution >= 0.6 is 0 Å². The molecule has 2 atom stereocenters. The number of aryl methyl sites for hydroxylation is 1. The van der Waals surface area contributed by atoms with E-state index in [4.69, 9.17) is 0 Å². The van der Waals surface area contributed by atoms with Gasteiger partial charge < -0.3 is 15.1 Å². The lowest BCUT2D eigenvalue weighted by atomic mass is 9.96. The van der Waals surface area contributed by atoms with E-state index in [2.05, 4.69) is 4.90 Å². The van der Waals surface area contributed by atoms with Gasteiger partial charge >= 0.3 is 0 Å². The average Bonchev–Trinajstić information content (AvgIpc) is 2.41. The lowest BCUT2D eigenvalue weighted by molar-refractivity contribution is 0.196. The summed E-state index contributed by atoms with van der Waals surface area (Å²) in [5.74, 6) is -0.0173. The molecular weight excluding hydrogens is 245 g/mol. The zero-order valence-corrected chi connectivity index (χ0v) is 11.6. The molecule has 3 nitrogen and oxygen atoms in total. The second-order valence-corrected chi connectivity index (χ2v) is 5.47. The smallest absolute Gasteiger partial charge is 0.126 e. The van der Waals surface area contributed by atoms with Crippen molar-refractivity contribution >= 4 is 5.69 Å². The monoisotopic (exact) mass is 267 g/mol. The highest BCUT2D eigenvalue weighted by molar-refractivity contribution is 5.57. The fourth-order valence-corrected chi connectivity index (χ4v) is 2.72. The average molecular weight is 267 g/mol. The Morgan fingerprint density at radius 2 is 2.21 bits per heavy atom. The van der Waals surface area contributed by atoms with E-state index in [1.165, 1.54) is 6.07 Å². The summed E-state index contributed by atoms with van der Waals surface area (Å²) in [6, 6.07) is 3.23. The number of benzene rings is 1. The minimum atomic E-state index is -0.695. The Morgan fingerprint density at radius 1 is 1.47 bits per heavy atom. The van der Waals surface area contributed by atoms with Crippen molar-refractivity contribution in [1.82, 2.24) is 0 Å². The van der Waals surface area contributed by atoms with Crippen molar-refractivity contribution in [2.24, 2.45) is 5.92 Å². The Morgan fingerprint density at radius 3 is 2.84 bits per heavy atom. The molecule has 0 aromatic heterocycles. The molecule has 19 heavy (non-hydrogen) atoms. The Bertz CT molecular complexity index is 448. The number of halogens is 1. The third-order valence-electron chi connectivity index (χ3n) is 3.88. The van der Waals surface area contributed by atoms with Crippen LogP contribution in [0.25, 0.3) is 0 Å². The van der Waals surface area contributed by atoms with E-state index in [0.29, 0.717) is 11.1 Å². The summed E-state index contributed by atoms with van der Waals surface area (Å²) in [4.78, 5) is 2.15. The van der Waals surface area contributed by atoms with E-state index in [1.807, 2.05) is 0 Å². The summed E-state index contributed by atoms with van der Waals surface area (Å²) in [7, 11) is 0. The summed E-state index contributed by atoms with van der Waals surface area (Å²) in [5.41, 5.74) is 2.11. The third kappa shape index (κ3) is 3.07. The van der Waals surface area contributed by atoms with Gasteiger partial charge in [0.2, 0.25) is 0 Å². The molecule has 2 N–H and O–H groups in total. The van der Waals surface area contributed by atoms with Crippen LogP contribution in [0.1, 0.15) is 37.0 Å². The highest BCUT2D eigenvalue weighted by Crippen LogP contribution is 2.32. The number of hydrogen-bond donors (Lipinski definition) is 2. The van der Waals surface area contributed by atoms with Crippen LogP contribution in [0.15, 0.2) is 12.1 Å². The first-order chi connectivity index (χ1) is 9.02. The van der Waals surface area contributed by atoms with Gasteiger partial charge in [-0.05, 0) is 50.3 Å². The Labute approximate surface area is 113 Å². The number of hydrogen-bond acceptors (Lipinski definition) is 3. The van der Waals surface area contributed by atoms with Gasteiger partial charge in [-0.3, -0.25) is 0 Å². The first kappa shape index (κ1) is 14.3. The molecule has 1 heterocycles. The molecule has 2 unspecified atom stereocenters. The summed E-state index contributed by atoms with van der Waals surface area (Å²) in [5, 5.41) is 19.1. The number of piperidine rings is 1. The van der Waals surface area contributed by atoms with Crippen molar-refractivity contribution < 1.29 is 14.6 Å². The molecule has 0 amide bonds. The molecular formula is C15H22FNO2. The molecule has 0 radical (unpaired) electrons. The lowest BCUT2D eigenvalue weighted by Gasteiger charge is -2.35. The van der Waals surface area contributed by atoms with Crippen molar-refractivity contribution in [3.05, 3.63) is 29.1 Å². The van der Waals surface area contributed by atoms with Gasteiger partial charge in [0.25, 0.3) is 0 Å². The highest BCUT2D eigenvalue weighted by atomic mass is 19.1. The molecule has 4 heteroatoms. The molecule has 1 saturated heterocycles. The third-order valence-corrected chi connectivity index (χ3v) is 3.88. The van der Waals surface area contributed by atoms with Gasteiger partial charge in [0.05, 0.1) is 6.10 Å². The predicted octanol–water partition coefficient (Wildman–Crippen LogP) is 2.40. The van der Waals surface area contributed by atoms with Crippen molar-refractivity contribution in [1.29, 1.82) is 0 Å². The quantitative estimate of drug-likeness (QED) is 0.884. The first-order valence-electron chi connectivity index (χ1n) is 6.86. The van der Waals surface area contributed by atoms with E-state index in [9.17, 15) is 14.6 Å². The van der Waals surface area contributed by atoms with Gasteiger partial charge in [-0.25, -0.2) is 4.39 Å². The van der Waals surface area contributed by atoms with E-state index < -0.39 is 6.10 Å². The fourth-order valence-electron chi connectivity index (χ4n) is 2.72. The minimum Gasteiger partial charge on any atom is -0.396 e. The van der Waals surface area contributed by atoms with E-state index in [1.54, 1.807) is 19.9 Å². The number of aliphatic hydroxyl groups excluding tert-OH is 2. The van der Waals surface area contributed by atoms with Crippen molar-refractivity contribution in [3.8, 4) is 0 Å². The van der Waals surface area contributed by atoms with Gasteiger partial charge in [-0.2, -0.15) is 0 Å². The highest BCUT2D eigenvalue weighted by Gasteiger charge is 2.23. The first-order valence-corrected chi connectivity index (χ1v) is 6.86. The van der Waals surface area contributed by atoms with Gasteiger partial charge in [0, 0.05) is 30.9 Å².